The number of carbonyl (C=O) groups excluding carboxylic acids is 2. The first-order chi connectivity index (χ1) is 11.7. The van der Waals surface area contributed by atoms with E-state index < -0.39 is 22.1 Å². The summed E-state index contributed by atoms with van der Waals surface area (Å²) >= 11 is 5.79. The quantitative estimate of drug-likeness (QED) is 0.793. The van der Waals surface area contributed by atoms with Gasteiger partial charge < -0.3 is 9.64 Å². The van der Waals surface area contributed by atoms with Crippen LogP contribution in [0, 0.1) is 0 Å². The number of likely N-dealkylation sites (tertiary alicyclic amines) is 1. The van der Waals surface area contributed by atoms with Crippen molar-refractivity contribution in [1.29, 1.82) is 0 Å². The second-order valence-corrected chi connectivity index (χ2v) is 7.91. The number of ether oxygens (including phenoxy) is 1. The van der Waals surface area contributed by atoms with Gasteiger partial charge in [0.2, 0.25) is 10.0 Å². The third-order valence-electron chi connectivity index (χ3n) is 4.02. The average molecular weight is 389 g/mol. The van der Waals surface area contributed by atoms with Crippen LogP contribution in [0.25, 0.3) is 0 Å². The highest BCUT2D eigenvalue weighted by Crippen LogP contribution is 2.22. The molecule has 1 aliphatic rings. The van der Waals surface area contributed by atoms with Crippen molar-refractivity contribution in [2.24, 2.45) is 5.14 Å². The number of hydrogen-bond donors (Lipinski definition) is 1. The minimum absolute atomic E-state index is 0.0380. The fraction of sp³-hybridized carbons (Fsp3) is 0.500. The van der Waals surface area contributed by atoms with Crippen LogP contribution in [0.15, 0.2) is 23.1 Å². The molecule has 1 fully saturated rings. The van der Waals surface area contributed by atoms with Crippen molar-refractivity contribution in [2.75, 3.05) is 13.1 Å². The van der Waals surface area contributed by atoms with Gasteiger partial charge >= 0.3 is 5.97 Å². The Morgan fingerprint density at radius 1 is 1.20 bits per heavy atom. The first-order valence-electron chi connectivity index (χ1n) is 8.02. The third-order valence-corrected chi connectivity index (χ3v) is 5.42. The van der Waals surface area contributed by atoms with E-state index in [0.717, 1.165) is 31.7 Å². The molecule has 9 heteroatoms. The number of primary sulfonamides is 1. The van der Waals surface area contributed by atoms with Gasteiger partial charge in [0.1, 0.15) is 4.90 Å². The second-order valence-electron chi connectivity index (χ2n) is 5.98. The van der Waals surface area contributed by atoms with E-state index in [2.05, 4.69) is 0 Å². The number of carbonyl (C=O) groups is 2. The summed E-state index contributed by atoms with van der Waals surface area (Å²) in [5.74, 6) is -1.06. The number of rotatable bonds is 4. The van der Waals surface area contributed by atoms with E-state index in [1.807, 2.05) is 0 Å². The van der Waals surface area contributed by atoms with Crippen LogP contribution in [0.1, 0.15) is 43.0 Å². The lowest BCUT2D eigenvalue weighted by atomic mass is 10.2. The average Bonchev–Trinajstić information content (AvgIpc) is 2.82. The largest absolute Gasteiger partial charge is 0.449 e. The van der Waals surface area contributed by atoms with Crippen LogP contribution in [-0.2, 0) is 19.6 Å². The van der Waals surface area contributed by atoms with Crippen LogP contribution in [0.5, 0.6) is 0 Å². The van der Waals surface area contributed by atoms with Gasteiger partial charge in [0.25, 0.3) is 5.91 Å². The zero-order valence-electron chi connectivity index (χ0n) is 13.9. The summed E-state index contributed by atoms with van der Waals surface area (Å²) in [5, 5.41) is 4.97. The summed E-state index contributed by atoms with van der Waals surface area (Å²) < 4.78 is 28.1. The number of sulfonamides is 1. The zero-order chi connectivity index (χ0) is 18.6. The van der Waals surface area contributed by atoms with Gasteiger partial charge in [-0.2, -0.15) is 0 Å². The van der Waals surface area contributed by atoms with E-state index in [0.29, 0.717) is 13.1 Å². The number of nitrogens with two attached hydrogens (primary N) is 1. The Morgan fingerprint density at radius 2 is 1.80 bits per heavy atom. The Balaban J connectivity index is 2.09. The molecule has 2 N–H and O–H groups in total. The van der Waals surface area contributed by atoms with Crippen molar-refractivity contribution in [3.05, 3.63) is 28.8 Å². The highest BCUT2D eigenvalue weighted by molar-refractivity contribution is 7.89. The summed E-state index contributed by atoms with van der Waals surface area (Å²) in [5.41, 5.74) is -0.0380. The van der Waals surface area contributed by atoms with Crippen molar-refractivity contribution in [3.63, 3.8) is 0 Å². The van der Waals surface area contributed by atoms with Crippen LogP contribution >= 0.6 is 11.6 Å². The topological polar surface area (TPSA) is 107 Å². The SMILES string of the molecule is C[C@@H](OC(=O)c1ccc(Cl)c(S(N)(=O)=O)c1)C(=O)N1CCCCCC1. The predicted octanol–water partition coefficient (Wildman–Crippen LogP) is 1.94. The molecule has 0 saturated carbocycles. The summed E-state index contributed by atoms with van der Waals surface area (Å²) in [4.78, 5) is 26.0. The molecule has 0 aliphatic carbocycles. The number of benzene rings is 1. The Bertz CT molecular complexity index is 758. The molecule has 2 rings (SSSR count). The van der Waals surface area contributed by atoms with Gasteiger partial charge in [-0.3, -0.25) is 4.79 Å². The minimum atomic E-state index is -4.07. The summed E-state index contributed by atoms with van der Waals surface area (Å²) in [6.45, 7) is 2.80. The van der Waals surface area contributed by atoms with Gasteiger partial charge in [0.05, 0.1) is 10.6 Å². The van der Waals surface area contributed by atoms with E-state index >= 15 is 0 Å². The van der Waals surface area contributed by atoms with Crippen LogP contribution in [0.3, 0.4) is 0 Å². The third kappa shape index (κ3) is 5.17. The van der Waals surface area contributed by atoms with Crippen molar-refractivity contribution < 1.29 is 22.7 Å². The van der Waals surface area contributed by atoms with Crippen LogP contribution < -0.4 is 5.14 Å². The minimum Gasteiger partial charge on any atom is -0.449 e. The molecule has 1 heterocycles. The number of halogens is 1. The molecule has 1 aromatic rings. The monoisotopic (exact) mass is 388 g/mol. The molecule has 1 aliphatic heterocycles. The van der Waals surface area contributed by atoms with E-state index in [-0.39, 0.29) is 21.4 Å². The van der Waals surface area contributed by atoms with E-state index in [1.54, 1.807) is 4.90 Å². The van der Waals surface area contributed by atoms with E-state index in [9.17, 15) is 18.0 Å². The molecule has 0 bridgehead atoms. The molecule has 0 spiro atoms. The Kier molecular flexibility index (Phi) is 6.42. The summed E-state index contributed by atoms with van der Waals surface area (Å²) in [6, 6.07) is 3.62. The summed E-state index contributed by atoms with van der Waals surface area (Å²) in [6.07, 6.45) is 3.07. The smallest absolute Gasteiger partial charge is 0.338 e. The predicted molar refractivity (Wildman–Crippen MR) is 92.8 cm³/mol. The number of esters is 1. The highest BCUT2D eigenvalue weighted by atomic mass is 35.5. The Morgan fingerprint density at radius 3 is 2.36 bits per heavy atom. The van der Waals surface area contributed by atoms with Crippen LogP contribution in [-0.4, -0.2) is 44.4 Å². The maximum Gasteiger partial charge on any atom is 0.338 e. The lowest BCUT2D eigenvalue weighted by Crippen LogP contribution is -2.40. The lowest BCUT2D eigenvalue weighted by Gasteiger charge is -2.24. The first-order valence-corrected chi connectivity index (χ1v) is 9.94. The van der Waals surface area contributed by atoms with Crippen molar-refractivity contribution in [3.8, 4) is 0 Å². The van der Waals surface area contributed by atoms with Crippen molar-refractivity contribution >= 4 is 33.5 Å². The zero-order valence-corrected chi connectivity index (χ0v) is 15.5. The maximum atomic E-state index is 12.4. The second kappa shape index (κ2) is 8.16. The normalized spacial score (nSPS) is 16.8. The molecule has 25 heavy (non-hydrogen) atoms. The fourth-order valence-electron chi connectivity index (χ4n) is 2.68. The van der Waals surface area contributed by atoms with Crippen LogP contribution in [0.2, 0.25) is 5.02 Å². The Labute approximate surface area is 152 Å². The molecule has 0 unspecified atom stereocenters. The van der Waals surface area contributed by atoms with Gasteiger partial charge in [-0.1, -0.05) is 24.4 Å². The molecule has 1 atom stereocenters. The van der Waals surface area contributed by atoms with E-state index in [1.165, 1.54) is 19.1 Å². The number of amides is 1. The van der Waals surface area contributed by atoms with Crippen molar-refractivity contribution in [2.45, 2.75) is 43.6 Å². The highest BCUT2D eigenvalue weighted by Gasteiger charge is 2.25. The fourth-order valence-corrected chi connectivity index (χ4v) is 3.75. The molecule has 0 radical (unpaired) electrons. The van der Waals surface area contributed by atoms with Gasteiger partial charge in [-0.05, 0) is 38.0 Å². The summed E-state index contributed by atoms with van der Waals surface area (Å²) in [7, 11) is -4.07. The maximum absolute atomic E-state index is 12.4. The molecule has 7 nitrogen and oxygen atoms in total. The van der Waals surface area contributed by atoms with Gasteiger partial charge in [-0.15, -0.1) is 0 Å². The van der Waals surface area contributed by atoms with Gasteiger partial charge in [-0.25, -0.2) is 18.4 Å². The van der Waals surface area contributed by atoms with Gasteiger partial charge in [0.15, 0.2) is 6.10 Å². The molecular weight excluding hydrogens is 368 g/mol. The molecule has 1 amide bonds. The van der Waals surface area contributed by atoms with Crippen LogP contribution in [0.4, 0.5) is 0 Å². The standard InChI is InChI=1S/C16H21ClN2O5S/c1-11(15(20)19-8-4-2-3-5-9-19)24-16(21)12-6-7-13(17)14(10-12)25(18,22)23/h6-7,10-11H,2-5,8-9H2,1H3,(H2,18,22,23)/t11-/m1/s1. The first kappa shape index (κ1) is 19.7. The van der Waals surface area contributed by atoms with Gasteiger partial charge in [0, 0.05) is 13.1 Å². The van der Waals surface area contributed by atoms with Crippen molar-refractivity contribution in [1.82, 2.24) is 4.90 Å². The lowest BCUT2D eigenvalue weighted by molar-refractivity contribution is -0.139. The molecule has 138 valence electrons. The Hall–Kier alpha value is -1.64. The number of nitrogens with zero attached hydrogens (tertiary/aromatic N) is 1. The molecule has 1 saturated heterocycles. The molecule has 0 aromatic heterocycles. The molecular formula is C16H21ClN2O5S. The van der Waals surface area contributed by atoms with E-state index in [4.69, 9.17) is 21.5 Å². The number of hydrogen-bond acceptors (Lipinski definition) is 5. The molecule has 1 aromatic carbocycles.